The summed E-state index contributed by atoms with van der Waals surface area (Å²) in [5.41, 5.74) is 3.64. The molecule has 0 aliphatic carbocycles. The van der Waals surface area contributed by atoms with Crippen molar-refractivity contribution < 1.29 is 5.11 Å². The molecule has 0 bridgehead atoms. The van der Waals surface area contributed by atoms with Crippen LogP contribution in [0.2, 0.25) is 0 Å². The van der Waals surface area contributed by atoms with Crippen LogP contribution < -0.4 is 10.6 Å². The van der Waals surface area contributed by atoms with Gasteiger partial charge in [0.15, 0.2) is 5.96 Å². The van der Waals surface area contributed by atoms with E-state index < -0.39 is 5.60 Å². The van der Waals surface area contributed by atoms with Gasteiger partial charge in [-0.3, -0.25) is 4.68 Å². The van der Waals surface area contributed by atoms with Gasteiger partial charge in [-0.05, 0) is 45.2 Å². The van der Waals surface area contributed by atoms with E-state index >= 15 is 0 Å². The van der Waals surface area contributed by atoms with Gasteiger partial charge >= 0.3 is 0 Å². The van der Waals surface area contributed by atoms with E-state index in [-0.39, 0.29) is 6.54 Å². The first-order valence-corrected chi connectivity index (χ1v) is 9.11. The highest BCUT2D eigenvalue weighted by Crippen LogP contribution is 2.19. The Kier molecular flexibility index (Phi) is 6.80. The summed E-state index contributed by atoms with van der Waals surface area (Å²) in [4.78, 5) is 4.55. The van der Waals surface area contributed by atoms with Crippen molar-refractivity contribution in [3.63, 3.8) is 0 Å². The number of nitrogens with one attached hydrogen (secondary N) is 2. The molecule has 0 aliphatic rings. The van der Waals surface area contributed by atoms with Crippen LogP contribution in [0.3, 0.4) is 0 Å². The number of nitrogens with zero attached hydrogens (tertiary/aromatic N) is 3. The third-order valence-electron chi connectivity index (χ3n) is 4.40. The van der Waals surface area contributed by atoms with Gasteiger partial charge < -0.3 is 15.7 Å². The molecule has 3 N–H and O–H groups in total. The number of hydrogen-bond acceptors (Lipinski definition) is 3. The minimum absolute atomic E-state index is 0.261. The van der Waals surface area contributed by atoms with Gasteiger partial charge in [0.2, 0.25) is 0 Å². The summed E-state index contributed by atoms with van der Waals surface area (Å²) in [5, 5.41) is 21.4. The molecule has 142 valence electrons. The lowest BCUT2D eigenvalue weighted by atomic mass is 10.0. The van der Waals surface area contributed by atoms with Gasteiger partial charge in [-0.1, -0.05) is 23.8 Å². The maximum absolute atomic E-state index is 10.7. The van der Waals surface area contributed by atoms with Gasteiger partial charge in [0.25, 0.3) is 0 Å². The van der Waals surface area contributed by atoms with E-state index in [1.54, 1.807) is 17.8 Å². The Morgan fingerprint density at radius 3 is 2.69 bits per heavy atom. The van der Waals surface area contributed by atoms with Crippen LogP contribution in [0.5, 0.6) is 0 Å². The van der Waals surface area contributed by atoms with Gasteiger partial charge in [-0.15, -0.1) is 0 Å². The van der Waals surface area contributed by atoms with Gasteiger partial charge in [0, 0.05) is 31.9 Å². The second-order valence-corrected chi connectivity index (χ2v) is 6.98. The molecule has 0 saturated carbocycles. The topological polar surface area (TPSA) is 74.5 Å². The third-order valence-corrected chi connectivity index (χ3v) is 4.40. The molecule has 1 aromatic heterocycles. The van der Waals surface area contributed by atoms with E-state index in [0.717, 1.165) is 25.1 Å². The summed E-state index contributed by atoms with van der Waals surface area (Å²) in [6.45, 7) is 9.85. The minimum atomic E-state index is -1.05. The first kappa shape index (κ1) is 20.0. The number of aryl methyl sites for hydroxylation is 3. The quantitative estimate of drug-likeness (QED) is 0.524. The highest BCUT2D eigenvalue weighted by Gasteiger charge is 2.24. The van der Waals surface area contributed by atoms with Crippen LogP contribution in [0.4, 0.5) is 0 Å². The fourth-order valence-electron chi connectivity index (χ4n) is 2.81. The summed E-state index contributed by atoms with van der Waals surface area (Å²) in [6, 6.07) is 6.54. The lowest BCUT2D eigenvalue weighted by molar-refractivity contribution is 0.0672. The molecule has 2 aromatic rings. The Hall–Kier alpha value is -2.34. The average Bonchev–Trinajstić information content (AvgIpc) is 3.02. The number of aromatic nitrogens is 2. The molecule has 26 heavy (non-hydrogen) atoms. The Labute approximate surface area is 156 Å². The molecule has 6 nitrogen and oxygen atoms in total. The number of aliphatic imine (C=N–C) groups is 1. The normalized spacial score (nSPS) is 14.2. The van der Waals surface area contributed by atoms with Crippen LogP contribution in [-0.2, 0) is 19.1 Å². The highest BCUT2D eigenvalue weighted by atomic mass is 16.3. The molecule has 0 saturated heterocycles. The van der Waals surface area contributed by atoms with Crippen molar-refractivity contribution >= 4 is 5.96 Å². The second kappa shape index (κ2) is 8.85. The molecule has 2 rings (SSSR count). The number of rotatable bonds is 7. The zero-order valence-corrected chi connectivity index (χ0v) is 16.5. The molecule has 1 atom stereocenters. The van der Waals surface area contributed by atoms with Crippen LogP contribution in [0, 0.1) is 13.8 Å². The molecule has 0 fully saturated rings. The van der Waals surface area contributed by atoms with Crippen molar-refractivity contribution in [2.45, 2.75) is 39.7 Å². The van der Waals surface area contributed by atoms with Crippen molar-refractivity contribution in [1.82, 2.24) is 20.4 Å². The van der Waals surface area contributed by atoms with E-state index in [1.165, 1.54) is 16.7 Å². The fraction of sp³-hybridized carbons (Fsp3) is 0.500. The number of hydrogen-bond donors (Lipinski definition) is 3. The van der Waals surface area contributed by atoms with Crippen molar-refractivity contribution in [3.05, 3.63) is 52.8 Å². The molecular weight excluding hydrogens is 326 g/mol. The van der Waals surface area contributed by atoms with Crippen molar-refractivity contribution in [1.29, 1.82) is 0 Å². The largest absolute Gasteiger partial charge is 0.383 e. The van der Waals surface area contributed by atoms with E-state index in [0.29, 0.717) is 5.96 Å². The summed E-state index contributed by atoms with van der Waals surface area (Å²) in [7, 11) is 1.83. The van der Waals surface area contributed by atoms with Gasteiger partial charge in [-0.25, -0.2) is 4.99 Å². The van der Waals surface area contributed by atoms with Gasteiger partial charge in [0.1, 0.15) is 5.60 Å². The molecule has 6 heteroatoms. The minimum Gasteiger partial charge on any atom is -0.383 e. The van der Waals surface area contributed by atoms with Gasteiger partial charge in [0.05, 0.1) is 12.7 Å². The van der Waals surface area contributed by atoms with Crippen LogP contribution in [0.25, 0.3) is 0 Å². The zero-order valence-electron chi connectivity index (χ0n) is 16.5. The van der Waals surface area contributed by atoms with Crippen LogP contribution in [-0.4, -0.2) is 40.5 Å². The number of benzene rings is 1. The maximum Gasteiger partial charge on any atom is 0.191 e. The average molecular weight is 358 g/mol. The Balaban J connectivity index is 1.95. The summed E-state index contributed by atoms with van der Waals surface area (Å²) >= 11 is 0. The predicted octanol–water partition coefficient (Wildman–Crippen LogP) is 2.04. The van der Waals surface area contributed by atoms with E-state index in [4.69, 9.17) is 0 Å². The van der Waals surface area contributed by atoms with Crippen LogP contribution in [0.1, 0.15) is 36.1 Å². The molecule has 0 radical (unpaired) electrons. The van der Waals surface area contributed by atoms with E-state index in [2.05, 4.69) is 52.8 Å². The van der Waals surface area contributed by atoms with Crippen molar-refractivity contribution in [3.8, 4) is 0 Å². The molecule has 0 spiro atoms. The van der Waals surface area contributed by atoms with Crippen molar-refractivity contribution in [2.75, 3.05) is 19.6 Å². The standard InChI is InChI=1S/C20H31N5O/c1-6-21-19(22-10-9-17-8-7-15(2)11-16(17)3)23-14-20(4,26)18-12-24-25(5)13-18/h7-8,11-13,26H,6,9-10,14H2,1-5H3,(H2,21,22,23). The summed E-state index contributed by atoms with van der Waals surface area (Å²) in [5.74, 6) is 0.710. The fourth-order valence-corrected chi connectivity index (χ4v) is 2.81. The maximum atomic E-state index is 10.7. The molecule has 1 unspecified atom stereocenters. The molecule has 0 aliphatic heterocycles. The summed E-state index contributed by atoms with van der Waals surface area (Å²) < 4.78 is 1.68. The first-order valence-electron chi connectivity index (χ1n) is 9.11. The zero-order chi connectivity index (χ0) is 19.2. The smallest absolute Gasteiger partial charge is 0.191 e. The lowest BCUT2D eigenvalue weighted by Gasteiger charge is -2.20. The predicted molar refractivity (Wildman–Crippen MR) is 106 cm³/mol. The lowest BCUT2D eigenvalue weighted by Crippen LogP contribution is -2.39. The van der Waals surface area contributed by atoms with E-state index in [1.807, 2.05) is 20.2 Å². The SMILES string of the molecule is CCNC(=NCC(C)(O)c1cnn(C)c1)NCCc1ccc(C)cc1C. The second-order valence-electron chi connectivity index (χ2n) is 6.98. The summed E-state index contributed by atoms with van der Waals surface area (Å²) in [6.07, 6.45) is 4.42. The van der Waals surface area contributed by atoms with Crippen LogP contribution in [0.15, 0.2) is 35.6 Å². The Bertz CT molecular complexity index is 748. The highest BCUT2D eigenvalue weighted by molar-refractivity contribution is 5.79. The molecule has 1 aromatic carbocycles. The Morgan fingerprint density at radius 1 is 1.31 bits per heavy atom. The third kappa shape index (κ3) is 5.59. The monoisotopic (exact) mass is 357 g/mol. The number of guanidine groups is 1. The van der Waals surface area contributed by atoms with E-state index in [9.17, 15) is 5.11 Å². The molecule has 0 amide bonds. The number of aliphatic hydroxyl groups is 1. The first-order chi connectivity index (χ1) is 12.3. The molecular formula is C20H31N5O. The molecule has 1 heterocycles. The van der Waals surface area contributed by atoms with Gasteiger partial charge in [-0.2, -0.15) is 5.10 Å². The van der Waals surface area contributed by atoms with Crippen molar-refractivity contribution in [2.24, 2.45) is 12.0 Å². The van der Waals surface area contributed by atoms with Crippen LogP contribution >= 0.6 is 0 Å². The Morgan fingerprint density at radius 2 is 2.08 bits per heavy atom.